The van der Waals surface area contributed by atoms with Crippen LogP contribution in [0.15, 0.2) is 18.3 Å². The lowest BCUT2D eigenvalue weighted by molar-refractivity contribution is 0.0526. The van der Waals surface area contributed by atoms with Crippen LogP contribution in [0.5, 0.6) is 0 Å². The van der Waals surface area contributed by atoms with E-state index in [1.165, 1.54) is 6.42 Å². The van der Waals surface area contributed by atoms with Gasteiger partial charge in [-0.1, -0.05) is 0 Å². The van der Waals surface area contributed by atoms with Crippen LogP contribution in [0.25, 0.3) is 0 Å². The van der Waals surface area contributed by atoms with E-state index in [0.717, 1.165) is 45.1 Å². The van der Waals surface area contributed by atoms with E-state index in [1.807, 2.05) is 6.92 Å². The SMILES string of the molecule is CCOC(=O)c1cccnc1N1CCN(C2CCNC2)CC1. The van der Waals surface area contributed by atoms with E-state index < -0.39 is 0 Å². The van der Waals surface area contributed by atoms with E-state index in [-0.39, 0.29) is 5.97 Å². The molecule has 3 rings (SSSR count). The Labute approximate surface area is 131 Å². The summed E-state index contributed by atoms with van der Waals surface area (Å²) in [5, 5.41) is 3.42. The predicted octanol–water partition coefficient (Wildman–Crippen LogP) is 0.742. The van der Waals surface area contributed by atoms with Gasteiger partial charge in [0.25, 0.3) is 0 Å². The van der Waals surface area contributed by atoms with Crippen molar-refractivity contribution in [3.05, 3.63) is 23.9 Å². The second-order valence-corrected chi connectivity index (χ2v) is 5.76. The van der Waals surface area contributed by atoms with Gasteiger partial charge in [0, 0.05) is 45.0 Å². The molecule has 0 saturated carbocycles. The summed E-state index contributed by atoms with van der Waals surface area (Å²) < 4.78 is 5.14. The molecular formula is C16H24N4O2. The molecule has 6 nitrogen and oxygen atoms in total. The van der Waals surface area contributed by atoms with Crippen LogP contribution < -0.4 is 10.2 Å². The van der Waals surface area contributed by atoms with E-state index in [0.29, 0.717) is 18.2 Å². The molecule has 1 N–H and O–H groups in total. The zero-order valence-electron chi connectivity index (χ0n) is 13.1. The van der Waals surface area contributed by atoms with Gasteiger partial charge in [-0.2, -0.15) is 0 Å². The molecule has 0 aliphatic carbocycles. The number of pyridine rings is 1. The average molecular weight is 304 g/mol. The number of carbonyl (C=O) groups is 1. The molecule has 22 heavy (non-hydrogen) atoms. The monoisotopic (exact) mass is 304 g/mol. The van der Waals surface area contributed by atoms with Gasteiger partial charge in [0.2, 0.25) is 0 Å². The highest BCUT2D eigenvalue weighted by Crippen LogP contribution is 2.21. The molecule has 0 bridgehead atoms. The molecule has 0 spiro atoms. The molecule has 2 fully saturated rings. The van der Waals surface area contributed by atoms with Gasteiger partial charge in [0.05, 0.1) is 6.61 Å². The quantitative estimate of drug-likeness (QED) is 0.828. The Kier molecular flexibility index (Phi) is 4.90. The third kappa shape index (κ3) is 3.23. The van der Waals surface area contributed by atoms with Crippen LogP contribution in [0.2, 0.25) is 0 Å². The Morgan fingerprint density at radius 1 is 1.41 bits per heavy atom. The van der Waals surface area contributed by atoms with Gasteiger partial charge in [-0.25, -0.2) is 9.78 Å². The summed E-state index contributed by atoms with van der Waals surface area (Å²) in [6, 6.07) is 4.25. The lowest BCUT2D eigenvalue weighted by Gasteiger charge is -2.38. The number of esters is 1. The van der Waals surface area contributed by atoms with Crippen molar-refractivity contribution < 1.29 is 9.53 Å². The highest BCUT2D eigenvalue weighted by Gasteiger charge is 2.28. The minimum Gasteiger partial charge on any atom is -0.462 e. The van der Waals surface area contributed by atoms with E-state index in [1.54, 1.807) is 18.3 Å². The molecule has 3 heterocycles. The number of nitrogens with one attached hydrogen (secondary N) is 1. The number of aromatic nitrogens is 1. The van der Waals surface area contributed by atoms with Crippen LogP contribution >= 0.6 is 0 Å². The molecule has 1 unspecified atom stereocenters. The first kappa shape index (κ1) is 15.2. The van der Waals surface area contributed by atoms with E-state index in [4.69, 9.17) is 4.74 Å². The Hall–Kier alpha value is -1.66. The molecule has 0 aromatic carbocycles. The zero-order chi connectivity index (χ0) is 15.4. The fraction of sp³-hybridized carbons (Fsp3) is 0.625. The van der Waals surface area contributed by atoms with Crippen molar-refractivity contribution in [1.29, 1.82) is 0 Å². The Morgan fingerprint density at radius 2 is 2.23 bits per heavy atom. The van der Waals surface area contributed by atoms with E-state index in [9.17, 15) is 4.79 Å². The van der Waals surface area contributed by atoms with Crippen LogP contribution in [-0.2, 0) is 4.74 Å². The topological polar surface area (TPSA) is 57.7 Å². The Balaban J connectivity index is 1.67. The lowest BCUT2D eigenvalue weighted by Crippen LogP contribution is -2.51. The molecule has 1 aromatic rings. The molecule has 0 amide bonds. The molecule has 120 valence electrons. The summed E-state index contributed by atoms with van der Waals surface area (Å²) >= 11 is 0. The van der Waals surface area contributed by atoms with Crippen molar-refractivity contribution in [2.24, 2.45) is 0 Å². The molecular weight excluding hydrogens is 280 g/mol. The van der Waals surface area contributed by atoms with Gasteiger partial charge in [-0.05, 0) is 32.0 Å². The van der Waals surface area contributed by atoms with Crippen molar-refractivity contribution in [2.45, 2.75) is 19.4 Å². The minimum absolute atomic E-state index is 0.284. The zero-order valence-corrected chi connectivity index (χ0v) is 13.1. The van der Waals surface area contributed by atoms with Crippen molar-refractivity contribution in [1.82, 2.24) is 15.2 Å². The number of ether oxygens (including phenoxy) is 1. The van der Waals surface area contributed by atoms with Gasteiger partial charge in [0.1, 0.15) is 11.4 Å². The van der Waals surface area contributed by atoms with Gasteiger partial charge in [0.15, 0.2) is 0 Å². The first-order chi connectivity index (χ1) is 10.8. The number of rotatable bonds is 4. The number of carbonyl (C=O) groups excluding carboxylic acids is 1. The maximum absolute atomic E-state index is 12.1. The average Bonchev–Trinajstić information content (AvgIpc) is 3.10. The summed E-state index contributed by atoms with van der Waals surface area (Å²) in [5.41, 5.74) is 0.570. The normalized spacial score (nSPS) is 22.8. The van der Waals surface area contributed by atoms with Gasteiger partial charge >= 0.3 is 5.97 Å². The molecule has 1 atom stereocenters. The summed E-state index contributed by atoms with van der Waals surface area (Å²) in [4.78, 5) is 21.2. The molecule has 2 saturated heterocycles. The first-order valence-corrected chi connectivity index (χ1v) is 8.11. The van der Waals surface area contributed by atoms with Crippen molar-refractivity contribution in [2.75, 3.05) is 50.8 Å². The number of anilines is 1. The van der Waals surface area contributed by atoms with Gasteiger partial charge < -0.3 is 15.0 Å². The standard InChI is InChI=1S/C16H24N4O2/c1-2-22-16(21)14-4-3-6-18-15(14)20-10-8-19(9-11-20)13-5-7-17-12-13/h3-4,6,13,17H,2,5,7-12H2,1H3. The fourth-order valence-electron chi connectivity index (χ4n) is 3.27. The lowest BCUT2D eigenvalue weighted by atomic mass is 10.1. The fourth-order valence-corrected chi connectivity index (χ4v) is 3.27. The smallest absolute Gasteiger partial charge is 0.341 e. The molecule has 0 radical (unpaired) electrons. The number of hydrogen-bond donors (Lipinski definition) is 1. The third-order valence-electron chi connectivity index (χ3n) is 4.45. The number of hydrogen-bond acceptors (Lipinski definition) is 6. The maximum atomic E-state index is 12.1. The highest BCUT2D eigenvalue weighted by molar-refractivity contribution is 5.94. The maximum Gasteiger partial charge on any atom is 0.341 e. The van der Waals surface area contributed by atoms with Crippen LogP contribution in [-0.4, -0.2) is 67.8 Å². The van der Waals surface area contributed by atoms with Crippen LogP contribution in [0.3, 0.4) is 0 Å². The van der Waals surface area contributed by atoms with E-state index in [2.05, 4.69) is 20.1 Å². The van der Waals surface area contributed by atoms with Crippen molar-refractivity contribution in [3.8, 4) is 0 Å². The largest absolute Gasteiger partial charge is 0.462 e. The summed E-state index contributed by atoms with van der Waals surface area (Å²) in [5.74, 6) is 0.471. The molecule has 6 heteroatoms. The van der Waals surface area contributed by atoms with Crippen LogP contribution in [0.4, 0.5) is 5.82 Å². The Bertz CT molecular complexity index is 509. The van der Waals surface area contributed by atoms with Crippen molar-refractivity contribution >= 4 is 11.8 Å². The third-order valence-corrected chi connectivity index (χ3v) is 4.45. The number of nitrogens with zero attached hydrogens (tertiary/aromatic N) is 3. The minimum atomic E-state index is -0.284. The van der Waals surface area contributed by atoms with Crippen LogP contribution in [0, 0.1) is 0 Å². The first-order valence-electron chi connectivity index (χ1n) is 8.11. The molecule has 2 aliphatic heterocycles. The van der Waals surface area contributed by atoms with Crippen molar-refractivity contribution in [3.63, 3.8) is 0 Å². The van der Waals surface area contributed by atoms with E-state index >= 15 is 0 Å². The number of piperazine rings is 1. The Morgan fingerprint density at radius 3 is 2.91 bits per heavy atom. The predicted molar refractivity (Wildman–Crippen MR) is 85.3 cm³/mol. The van der Waals surface area contributed by atoms with Gasteiger partial charge in [-0.15, -0.1) is 0 Å². The van der Waals surface area contributed by atoms with Crippen LogP contribution in [0.1, 0.15) is 23.7 Å². The summed E-state index contributed by atoms with van der Waals surface area (Å²) in [6.45, 7) is 8.27. The van der Waals surface area contributed by atoms with Gasteiger partial charge in [-0.3, -0.25) is 4.90 Å². The second-order valence-electron chi connectivity index (χ2n) is 5.76. The molecule has 2 aliphatic rings. The molecule has 1 aromatic heterocycles. The summed E-state index contributed by atoms with van der Waals surface area (Å²) in [6.07, 6.45) is 2.98. The summed E-state index contributed by atoms with van der Waals surface area (Å²) in [7, 11) is 0. The second kappa shape index (κ2) is 7.07. The highest BCUT2D eigenvalue weighted by atomic mass is 16.5.